The Hall–Kier alpha value is -1.77. The van der Waals surface area contributed by atoms with E-state index in [0.717, 1.165) is 17.3 Å². The fourth-order valence-electron chi connectivity index (χ4n) is 1.62. The third kappa shape index (κ3) is 1.73. The largest absolute Gasteiger partial charge is 0.265 e. The average Bonchev–Trinajstić information content (AvgIpc) is 3.15. The zero-order chi connectivity index (χ0) is 10.1. The standard InChI is InChI=1S/C12H11N3/c1-2-9(1)11-7-14-12(15-8-11)10-3-5-13-6-4-10/h3-9H,1-2H2. The van der Waals surface area contributed by atoms with Gasteiger partial charge in [-0.1, -0.05) is 0 Å². The van der Waals surface area contributed by atoms with Gasteiger partial charge in [0.2, 0.25) is 0 Å². The van der Waals surface area contributed by atoms with Crippen LogP contribution < -0.4 is 0 Å². The summed E-state index contributed by atoms with van der Waals surface area (Å²) >= 11 is 0. The average molecular weight is 197 g/mol. The van der Waals surface area contributed by atoms with Crippen LogP contribution in [0.5, 0.6) is 0 Å². The lowest BCUT2D eigenvalue weighted by Gasteiger charge is -2.00. The minimum absolute atomic E-state index is 0.719. The number of pyridine rings is 1. The highest BCUT2D eigenvalue weighted by Crippen LogP contribution is 2.39. The van der Waals surface area contributed by atoms with E-state index < -0.39 is 0 Å². The van der Waals surface area contributed by atoms with Gasteiger partial charge in [0.15, 0.2) is 5.82 Å². The number of rotatable bonds is 2. The van der Waals surface area contributed by atoms with Gasteiger partial charge in [-0.2, -0.15) is 0 Å². The molecule has 3 rings (SSSR count). The topological polar surface area (TPSA) is 38.7 Å². The lowest BCUT2D eigenvalue weighted by Crippen LogP contribution is -1.91. The molecule has 0 saturated heterocycles. The number of nitrogens with zero attached hydrogens (tertiary/aromatic N) is 3. The normalized spacial score (nSPS) is 15.2. The number of hydrogen-bond acceptors (Lipinski definition) is 3. The Morgan fingerprint density at radius 1 is 1.00 bits per heavy atom. The highest BCUT2D eigenvalue weighted by atomic mass is 14.9. The van der Waals surface area contributed by atoms with Gasteiger partial charge in [-0.25, -0.2) is 9.97 Å². The van der Waals surface area contributed by atoms with Gasteiger partial charge in [0.05, 0.1) is 0 Å². The van der Waals surface area contributed by atoms with Gasteiger partial charge in [0, 0.05) is 30.4 Å². The van der Waals surface area contributed by atoms with Crippen LogP contribution >= 0.6 is 0 Å². The van der Waals surface area contributed by atoms with E-state index in [1.807, 2.05) is 24.5 Å². The van der Waals surface area contributed by atoms with Crippen LogP contribution in [0.2, 0.25) is 0 Å². The van der Waals surface area contributed by atoms with Gasteiger partial charge in [0.1, 0.15) is 0 Å². The van der Waals surface area contributed by atoms with Crippen LogP contribution in [-0.4, -0.2) is 15.0 Å². The first-order valence-corrected chi connectivity index (χ1v) is 5.16. The summed E-state index contributed by atoms with van der Waals surface area (Å²) in [5.41, 5.74) is 2.29. The fourth-order valence-corrected chi connectivity index (χ4v) is 1.62. The smallest absolute Gasteiger partial charge is 0.159 e. The Morgan fingerprint density at radius 3 is 2.27 bits per heavy atom. The first-order valence-electron chi connectivity index (χ1n) is 5.16. The van der Waals surface area contributed by atoms with Crippen molar-refractivity contribution in [1.29, 1.82) is 0 Å². The molecule has 0 spiro atoms. The predicted molar refractivity (Wildman–Crippen MR) is 57.2 cm³/mol. The van der Waals surface area contributed by atoms with E-state index in [9.17, 15) is 0 Å². The summed E-state index contributed by atoms with van der Waals surface area (Å²) in [6.07, 6.45) is 9.98. The van der Waals surface area contributed by atoms with Gasteiger partial charge in [-0.15, -0.1) is 0 Å². The summed E-state index contributed by atoms with van der Waals surface area (Å²) in [6, 6.07) is 3.85. The molecule has 3 heteroatoms. The molecule has 1 fully saturated rings. The van der Waals surface area contributed by atoms with Crippen molar-refractivity contribution >= 4 is 0 Å². The second kappa shape index (κ2) is 3.42. The second-order valence-corrected chi connectivity index (χ2v) is 3.85. The minimum atomic E-state index is 0.719. The molecule has 0 aromatic carbocycles. The number of hydrogen-bond donors (Lipinski definition) is 0. The zero-order valence-corrected chi connectivity index (χ0v) is 8.30. The van der Waals surface area contributed by atoms with E-state index in [2.05, 4.69) is 15.0 Å². The SMILES string of the molecule is c1cc(-c2ncc(C3CC3)cn2)ccn1. The molecule has 1 aliphatic carbocycles. The maximum atomic E-state index is 4.37. The molecular weight excluding hydrogens is 186 g/mol. The quantitative estimate of drug-likeness (QED) is 0.742. The van der Waals surface area contributed by atoms with Crippen LogP contribution in [0.3, 0.4) is 0 Å². The van der Waals surface area contributed by atoms with Crippen LogP contribution in [-0.2, 0) is 0 Å². The third-order valence-electron chi connectivity index (χ3n) is 2.66. The molecule has 0 atom stereocenters. The lowest BCUT2D eigenvalue weighted by molar-refractivity contribution is 1.04. The molecule has 0 bridgehead atoms. The third-order valence-corrected chi connectivity index (χ3v) is 2.66. The van der Waals surface area contributed by atoms with E-state index in [-0.39, 0.29) is 0 Å². The molecule has 0 unspecified atom stereocenters. The van der Waals surface area contributed by atoms with E-state index in [1.54, 1.807) is 12.4 Å². The van der Waals surface area contributed by atoms with Crippen molar-refractivity contribution in [2.75, 3.05) is 0 Å². The predicted octanol–water partition coefficient (Wildman–Crippen LogP) is 2.42. The summed E-state index contributed by atoms with van der Waals surface area (Å²) in [4.78, 5) is 12.7. The van der Waals surface area contributed by atoms with Crippen molar-refractivity contribution in [3.63, 3.8) is 0 Å². The summed E-state index contributed by atoms with van der Waals surface area (Å²) in [7, 11) is 0. The van der Waals surface area contributed by atoms with E-state index in [4.69, 9.17) is 0 Å². The highest BCUT2D eigenvalue weighted by molar-refractivity contribution is 5.53. The molecule has 0 radical (unpaired) electrons. The van der Waals surface area contributed by atoms with E-state index in [1.165, 1.54) is 18.4 Å². The minimum Gasteiger partial charge on any atom is -0.265 e. The van der Waals surface area contributed by atoms with Crippen LogP contribution in [0.25, 0.3) is 11.4 Å². The van der Waals surface area contributed by atoms with Gasteiger partial charge in [-0.3, -0.25) is 4.98 Å². The van der Waals surface area contributed by atoms with E-state index >= 15 is 0 Å². The Balaban J connectivity index is 1.93. The van der Waals surface area contributed by atoms with Crippen molar-refractivity contribution in [1.82, 2.24) is 15.0 Å². The Labute approximate surface area is 88.2 Å². The van der Waals surface area contributed by atoms with Gasteiger partial charge < -0.3 is 0 Å². The van der Waals surface area contributed by atoms with Crippen LogP contribution in [0, 0.1) is 0 Å². The Bertz CT molecular complexity index is 446. The van der Waals surface area contributed by atoms with Crippen molar-refractivity contribution in [2.45, 2.75) is 18.8 Å². The van der Waals surface area contributed by atoms with Crippen molar-refractivity contribution in [3.8, 4) is 11.4 Å². The van der Waals surface area contributed by atoms with Gasteiger partial charge in [-0.05, 0) is 36.5 Å². The van der Waals surface area contributed by atoms with Crippen LogP contribution in [0.4, 0.5) is 0 Å². The van der Waals surface area contributed by atoms with Gasteiger partial charge >= 0.3 is 0 Å². The molecule has 0 aliphatic heterocycles. The maximum Gasteiger partial charge on any atom is 0.159 e. The molecule has 1 aliphatic rings. The maximum absolute atomic E-state index is 4.37. The summed E-state index contributed by atoms with van der Waals surface area (Å²) < 4.78 is 0. The van der Waals surface area contributed by atoms with Crippen molar-refractivity contribution in [2.24, 2.45) is 0 Å². The molecule has 2 aromatic rings. The summed E-state index contributed by atoms with van der Waals surface area (Å²) in [5.74, 6) is 1.50. The van der Waals surface area contributed by atoms with Crippen molar-refractivity contribution < 1.29 is 0 Å². The first kappa shape index (κ1) is 8.53. The monoisotopic (exact) mass is 197 g/mol. The second-order valence-electron chi connectivity index (χ2n) is 3.85. The molecular formula is C12H11N3. The molecule has 3 nitrogen and oxygen atoms in total. The number of aromatic nitrogens is 3. The highest BCUT2D eigenvalue weighted by Gasteiger charge is 2.23. The Morgan fingerprint density at radius 2 is 1.67 bits per heavy atom. The summed E-state index contributed by atoms with van der Waals surface area (Å²) in [5, 5.41) is 0. The van der Waals surface area contributed by atoms with Crippen molar-refractivity contribution in [3.05, 3.63) is 42.5 Å². The zero-order valence-electron chi connectivity index (χ0n) is 8.30. The molecule has 1 saturated carbocycles. The molecule has 15 heavy (non-hydrogen) atoms. The molecule has 74 valence electrons. The first-order chi connectivity index (χ1) is 7.43. The van der Waals surface area contributed by atoms with Crippen LogP contribution in [0.1, 0.15) is 24.3 Å². The molecule has 0 amide bonds. The van der Waals surface area contributed by atoms with Crippen LogP contribution in [0.15, 0.2) is 36.9 Å². The lowest BCUT2D eigenvalue weighted by atomic mass is 10.2. The molecule has 0 N–H and O–H groups in total. The van der Waals surface area contributed by atoms with E-state index in [0.29, 0.717) is 0 Å². The molecule has 2 aromatic heterocycles. The Kier molecular flexibility index (Phi) is 1.95. The fraction of sp³-hybridized carbons (Fsp3) is 0.250. The summed E-state index contributed by atoms with van der Waals surface area (Å²) in [6.45, 7) is 0. The van der Waals surface area contributed by atoms with Gasteiger partial charge in [0.25, 0.3) is 0 Å². The molecule has 2 heterocycles.